The number of hydrogen-bond acceptors (Lipinski definition) is 6. The molecular formula is C28H30N2O6S. The van der Waals surface area contributed by atoms with E-state index < -0.39 is 15.9 Å². The van der Waals surface area contributed by atoms with Crippen molar-refractivity contribution in [3.63, 3.8) is 0 Å². The quantitative estimate of drug-likeness (QED) is 0.485. The van der Waals surface area contributed by atoms with Crippen LogP contribution < -0.4 is 14.8 Å². The normalized spacial score (nSPS) is 15.0. The number of sulfone groups is 1. The molecule has 194 valence electrons. The van der Waals surface area contributed by atoms with Crippen molar-refractivity contribution in [1.82, 2.24) is 10.2 Å². The van der Waals surface area contributed by atoms with Crippen LogP contribution in [0.5, 0.6) is 11.5 Å². The van der Waals surface area contributed by atoms with Crippen LogP contribution in [-0.2, 0) is 14.6 Å². The summed E-state index contributed by atoms with van der Waals surface area (Å²) in [6, 6.07) is 21.6. The highest BCUT2D eigenvalue weighted by atomic mass is 32.2. The van der Waals surface area contributed by atoms with Crippen LogP contribution in [0.15, 0.2) is 83.8 Å². The number of ether oxygens (including phenoxy) is 2. The van der Waals surface area contributed by atoms with Crippen molar-refractivity contribution in [3.8, 4) is 11.5 Å². The zero-order chi connectivity index (χ0) is 26.4. The Morgan fingerprint density at radius 3 is 2.16 bits per heavy atom. The monoisotopic (exact) mass is 522 g/mol. The Labute approximate surface area is 217 Å². The van der Waals surface area contributed by atoms with E-state index in [1.165, 1.54) is 6.07 Å². The van der Waals surface area contributed by atoms with Gasteiger partial charge in [-0.15, -0.1) is 0 Å². The first-order valence-corrected chi connectivity index (χ1v) is 13.9. The molecule has 0 radical (unpaired) electrons. The lowest BCUT2D eigenvalue weighted by molar-refractivity contribution is -0.135. The number of piperidine rings is 1. The molecule has 1 atom stereocenters. The number of rotatable bonds is 8. The largest absolute Gasteiger partial charge is 0.497 e. The standard InChI is InChI=1S/C28H30N2O6S/c1-35-22-14-12-21(13-15-22)27(31)29-26(20-8-4-3-5-9-20)28(32)30-18-16-23(17-19-30)36-24-10-6-7-11-25(24)37(2,33)34/h3-15,23,26H,16-19H2,1-2H3,(H,29,31)/t26-/m1/s1. The maximum atomic E-state index is 13.6. The van der Waals surface area contributed by atoms with Crippen LogP contribution in [0.1, 0.15) is 34.8 Å². The van der Waals surface area contributed by atoms with Gasteiger partial charge in [-0.2, -0.15) is 0 Å². The molecule has 0 spiro atoms. The van der Waals surface area contributed by atoms with Gasteiger partial charge < -0.3 is 19.7 Å². The topological polar surface area (TPSA) is 102 Å². The predicted octanol–water partition coefficient (Wildman–Crippen LogP) is 3.64. The summed E-state index contributed by atoms with van der Waals surface area (Å²) in [5.41, 5.74) is 1.11. The number of benzene rings is 3. The van der Waals surface area contributed by atoms with Crippen molar-refractivity contribution < 1.29 is 27.5 Å². The van der Waals surface area contributed by atoms with E-state index in [1.807, 2.05) is 30.3 Å². The van der Waals surface area contributed by atoms with Crippen LogP contribution in [0, 0.1) is 0 Å². The second-order valence-electron chi connectivity index (χ2n) is 8.91. The van der Waals surface area contributed by atoms with Crippen LogP contribution in [0.25, 0.3) is 0 Å². The first-order chi connectivity index (χ1) is 17.8. The number of hydrogen-bond donors (Lipinski definition) is 1. The van der Waals surface area contributed by atoms with E-state index in [1.54, 1.807) is 54.5 Å². The van der Waals surface area contributed by atoms with Crippen molar-refractivity contribution in [2.75, 3.05) is 26.5 Å². The van der Waals surface area contributed by atoms with Crippen LogP contribution in [0.4, 0.5) is 0 Å². The molecule has 3 aromatic rings. The van der Waals surface area contributed by atoms with Gasteiger partial charge in [0.2, 0.25) is 5.91 Å². The molecule has 0 saturated carbocycles. The zero-order valence-corrected chi connectivity index (χ0v) is 21.6. The van der Waals surface area contributed by atoms with Gasteiger partial charge >= 0.3 is 0 Å². The van der Waals surface area contributed by atoms with Crippen molar-refractivity contribution in [3.05, 3.63) is 90.0 Å². The van der Waals surface area contributed by atoms with Gasteiger partial charge in [0.25, 0.3) is 5.91 Å². The molecular weight excluding hydrogens is 492 g/mol. The highest BCUT2D eigenvalue weighted by molar-refractivity contribution is 7.90. The SMILES string of the molecule is COc1ccc(C(=O)N[C@@H](C(=O)N2CCC(Oc3ccccc3S(C)(=O)=O)CC2)c2ccccc2)cc1. The Bertz CT molecular complexity index is 1330. The molecule has 0 unspecified atom stereocenters. The van der Waals surface area contributed by atoms with Gasteiger partial charge in [0, 0.05) is 37.8 Å². The van der Waals surface area contributed by atoms with E-state index in [2.05, 4.69) is 5.32 Å². The van der Waals surface area contributed by atoms with E-state index in [9.17, 15) is 18.0 Å². The summed E-state index contributed by atoms with van der Waals surface area (Å²) < 4.78 is 35.4. The molecule has 8 nitrogen and oxygen atoms in total. The molecule has 0 aliphatic carbocycles. The summed E-state index contributed by atoms with van der Waals surface area (Å²) in [6.07, 6.45) is 2.01. The van der Waals surface area contributed by atoms with E-state index >= 15 is 0 Å². The molecule has 1 aliphatic rings. The number of nitrogens with zero attached hydrogens (tertiary/aromatic N) is 1. The highest BCUT2D eigenvalue weighted by Gasteiger charge is 2.31. The smallest absolute Gasteiger partial charge is 0.252 e. The van der Waals surface area contributed by atoms with Crippen LogP contribution in [0.3, 0.4) is 0 Å². The molecule has 2 amide bonds. The van der Waals surface area contributed by atoms with Crippen LogP contribution >= 0.6 is 0 Å². The lowest BCUT2D eigenvalue weighted by Crippen LogP contribution is -2.47. The highest BCUT2D eigenvalue weighted by Crippen LogP contribution is 2.27. The average molecular weight is 523 g/mol. The Morgan fingerprint density at radius 2 is 1.54 bits per heavy atom. The second-order valence-corrected chi connectivity index (χ2v) is 10.9. The molecule has 0 bridgehead atoms. The molecule has 1 aliphatic heterocycles. The lowest BCUT2D eigenvalue weighted by Gasteiger charge is -2.34. The summed E-state index contributed by atoms with van der Waals surface area (Å²) in [7, 11) is -1.87. The number of amides is 2. The number of para-hydroxylation sites is 1. The van der Waals surface area contributed by atoms with Gasteiger partial charge in [-0.25, -0.2) is 8.42 Å². The third-order valence-corrected chi connectivity index (χ3v) is 7.44. The fourth-order valence-corrected chi connectivity index (χ4v) is 5.11. The Kier molecular flexibility index (Phi) is 8.13. The van der Waals surface area contributed by atoms with Gasteiger partial charge in [-0.3, -0.25) is 9.59 Å². The third-order valence-electron chi connectivity index (χ3n) is 6.30. The Balaban J connectivity index is 1.45. The molecule has 3 aromatic carbocycles. The number of nitrogens with one attached hydrogen (secondary N) is 1. The molecule has 4 rings (SSSR count). The van der Waals surface area contributed by atoms with E-state index in [0.717, 1.165) is 6.26 Å². The summed E-state index contributed by atoms with van der Waals surface area (Å²) in [4.78, 5) is 28.4. The third kappa shape index (κ3) is 6.48. The van der Waals surface area contributed by atoms with Crippen LogP contribution in [0.2, 0.25) is 0 Å². The number of carbonyl (C=O) groups is 2. The molecule has 1 saturated heterocycles. The zero-order valence-electron chi connectivity index (χ0n) is 20.8. The first kappa shape index (κ1) is 26.2. The summed E-state index contributed by atoms with van der Waals surface area (Å²) >= 11 is 0. The van der Waals surface area contributed by atoms with Crippen molar-refractivity contribution >= 4 is 21.7 Å². The first-order valence-electron chi connectivity index (χ1n) is 12.0. The molecule has 1 heterocycles. The minimum absolute atomic E-state index is 0.152. The van der Waals surface area contributed by atoms with Gasteiger partial charge in [-0.1, -0.05) is 42.5 Å². The maximum absolute atomic E-state index is 13.6. The summed E-state index contributed by atoms with van der Waals surface area (Å²) in [5.74, 6) is 0.392. The molecule has 9 heteroatoms. The minimum Gasteiger partial charge on any atom is -0.497 e. The van der Waals surface area contributed by atoms with Crippen molar-refractivity contribution in [2.45, 2.75) is 29.9 Å². The van der Waals surface area contributed by atoms with Crippen LogP contribution in [-0.4, -0.2) is 57.7 Å². The van der Waals surface area contributed by atoms with E-state index in [4.69, 9.17) is 9.47 Å². The average Bonchev–Trinajstić information content (AvgIpc) is 2.92. The summed E-state index contributed by atoms with van der Waals surface area (Å²) in [5, 5.41) is 2.89. The molecule has 0 aromatic heterocycles. The Morgan fingerprint density at radius 1 is 0.919 bits per heavy atom. The van der Waals surface area contributed by atoms with Crippen molar-refractivity contribution in [1.29, 1.82) is 0 Å². The number of carbonyl (C=O) groups excluding carboxylic acids is 2. The van der Waals surface area contributed by atoms with Gasteiger partial charge in [0.15, 0.2) is 9.84 Å². The van der Waals surface area contributed by atoms with Gasteiger partial charge in [0.05, 0.1) is 7.11 Å². The lowest BCUT2D eigenvalue weighted by atomic mass is 10.0. The predicted molar refractivity (Wildman–Crippen MR) is 139 cm³/mol. The minimum atomic E-state index is -3.43. The van der Waals surface area contributed by atoms with E-state index in [0.29, 0.717) is 48.6 Å². The fraction of sp³-hybridized carbons (Fsp3) is 0.286. The van der Waals surface area contributed by atoms with Gasteiger partial charge in [-0.05, 0) is 42.0 Å². The molecule has 1 N–H and O–H groups in total. The molecule has 37 heavy (non-hydrogen) atoms. The second kappa shape index (κ2) is 11.5. The maximum Gasteiger partial charge on any atom is 0.252 e. The number of methoxy groups -OCH3 is 1. The number of likely N-dealkylation sites (tertiary alicyclic amines) is 1. The molecule has 1 fully saturated rings. The van der Waals surface area contributed by atoms with E-state index in [-0.39, 0.29) is 22.8 Å². The Hall–Kier alpha value is -3.85. The van der Waals surface area contributed by atoms with Crippen molar-refractivity contribution in [2.24, 2.45) is 0 Å². The summed E-state index contributed by atoms with van der Waals surface area (Å²) in [6.45, 7) is 0.846. The fourth-order valence-electron chi connectivity index (χ4n) is 4.30. The van der Waals surface area contributed by atoms with Gasteiger partial charge in [0.1, 0.15) is 28.5 Å².